The Hall–Kier alpha value is -1.20. The van der Waals surface area contributed by atoms with E-state index in [1.165, 1.54) is 0 Å². The summed E-state index contributed by atoms with van der Waals surface area (Å²) >= 11 is 3.31. The van der Waals surface area contributed by atoms with Crippen LogP contribution in [0.5, 0.6) is 11.5 Å². The molecular formula is C10H8BrNO3. The van der Waals surface area contributed by atoms with Gasteiger partial charge in [-0.3, -0.25) is 10.3 Å². The molecule has 2 aliphatic heterocycles. The summed E-state index contributed by atoms with van der Waals surface area (Å²) in [5.41, 5.74) is 3.77. The first-order valence-electron chi connectivity index (χ1n) is 4.51. The summed E-state index contributed by atoms with van der Waals surface area (Å²) in [6.45, 7) is 0.294. The van der Waals surface area contributed by atoms with Crippen LogP contribution in [0, 0.1) is 0 Å². The molecule has 0 fully saturated rings. The lowest BCUT2D eigenvalue weighted by molar-refractivity contribution is 0.0457. The van der Waals surface area contributed by atoms with Crippen molar-refractivity contribution in [3.8, 4) is 11.5 Å². The van der Waals surface area contributed by atoms with E-state index < -0.39 is 0 Å². The van der Waals surface area contributed by atoms with Gasteiger partial charge in [0, 0.05) is 0 Å². The van der Waals surface area contributed by atoms with E-state index in [-0.39, 0.29) is 6.10 Å². The van der Waals surface area contributed by atoms with Crippen LogP contribution in [-0.2, 0) is 4.84 Å². The minimum absolute atomic E-state index is 0.0890. The van der Waals surface area contributed by atoms with Crippen LogP contribution < -0.4 is 15.0 Å². The number of nitrogens with one attached hydrogen (secondary N) is 1. The maximum absolute atomic E-state index is 5.33. The van der Waals surface area contributed by atoms with E-state index in [0.29, 0.717) is 6.79 Å². The number of halogens is 1. The Labute approximate surface area is 94.9 Å². The minimum atomic E-state index is -0.0890. The van der Waals surface area contributed by atoms with Crippen LogP contribution in [0.4, 0.5) is 0 Å². The number of rotatable bonds is 1. The largest absolute Gasteiger partial charge is 0.454 e. The van der Waals surface area contributed by atoms with Gasteiger partial charge in [-0.15, -0.1) is 0 Å². The SMILES string of the molecule is BrC1=C[C@H](c2ccc3c(c2)OCO3)ON1. The molecule has 3 rings (SSSR count). The lowest BCUT2D eigenvalue weighted by atomic mass is 10.1. The summed E-state index contributed by atoms with van der Waals surface area (Å²) in [6, 6.07) is 5.78. The van der Waals surface area contributed by atoms with Crippen molar-refractivity contribution < 1.29 is 14.3 Å². The second-order valence-electron chi connectivity index (χ2n) is 3.27. The van der Waals surface area contributed by atoms with Crippen molar-refractivity contribution in [2.24, 2.45) is 0 Å². The fourth-order valence-corrected chi connectivity index (χ4v) is 1.91. The number of hydrogen-bond acceptors (Lipinski definition) is 4. The monoisotopic (exact) mass is 269 g/mol. The third-order valence-corrected chi connectivity index (χ3v) is 2.73. The molecule has 0 amide bonds. The fourth-order valence-electron chi connectivity index (χ4n) is 1.58. The molecule has 0 saturated heterocycles. The Kier molecular flexibility index (Phi) is 2.07. The zero-order chi connectivity index (χ0) is 10.3. The van der Waals surface area contributed by atoms with Crippen LogP contribution in [0.3, 0.4) is 0 Å². The predicted octanol–water partition coefficient (Wildman–Crippen LogP) is 2.23. The van der Waals surface area contributed by atoms with E-state index in [4.69, 9.17) is 14.3 Å². The number of benzene rings is 1. The highest BCUT2D eigenvalue weighted by molar-refractivity contribution is 9.11. The molecule has 5 heteroatoms. The standard InChI is InChI=1S/C10H8BrNO3/c11-10-4-8(15-12-10)6-1-2-7-9(3-6)14-5-13-7/h1-4,8,12H,5H2/t8-/m1/s1. The van der Waals surface area contributed by atoms with Gasteiger partial charge in [-0.05, 0) is 39.7 Å². The third kappa shape index (κ3) is 1.57. The molecule has 78 valence electrons. The Balaban J connectivity index is 1.93. The lowest BCUT2D eigenvalue weighted by Crippen LogP contribution is -2.05. The van der Waals surface area contributed by atoms with Crippen molar-refractivity contribution >= 4 is 15.9 Å². The predicted molar refractivity (Wildman–Crippen MR) is 56.5 cm³/mol. The Bertz CT molecular complexity index is 433. The highest BCUT2D eigenvalue weighted by Crippen LogP contribution is 2.36. The molecule has 1 aromatic carbocycles. The van der Waals surface area contributed by atoms with E-state index in [1.807, 2.05) is 24.3 Å². The third-order valence-electron chi connectivity index (χ3n) is 2.31. The van der Waals surface area contributed by atoms with Gasteiger partial charge in [0.15, 0.2) is 11.5 Å². The molecular weight excluding hydrogens is 262 g/mol. The van der Waals surface area contributed by atoms with Crippen LogP contribution in [0.15, 0.2) is 28.9 Å². The molecule has 0 unspecified atom stereocenters. The van der Waals surface area contributed by atoms with E-state index in [1.54, 1.807) is 0 Å². The molecule has 1 atom stereocenters. The van der Waals surface area contributed by atoms with Crippen LogP contribution in [0.1, 0.15) is 11.7 Å². The van der Waals surface area contributed by atoms with E-state index in [0.717, 1.165) is 21.7 Å². The van der Waals surface area contributed by atoms with Gasteiger partial charge in [0.05, 0.1) is 0 Å². The molecule has 0 spiro atoms. The van der Waals surface area contributed by atoms with Gasteiger partial charge in [-0.25, -0.2) is 0 Å². The second-order valence-corrected chi connectivity index (χ2v) is 4.12. The quantitative estimate of drug-likeness (QED) is 0.794. The highest BCUT2D eigenvalue weighted by atomic mass is 79.9. The van der Waals surface area contributed by atoms with Crippen molar-refractivity contribution in [1.82, 2.24) is 5.48 Å². The maximum Gasteiger partial charge on any atom is 0.231 e. The molecule has 0 aromatic heterocycles. The molecule has 0 bridgehead atoms. The Morgan fingerprint density at radius 3 is 2.93 bits per heavy atom. The maximum atomic E-state index is 5.33. The summed E-state index contributed by atoms with van der Waals surface area (Å²) in [7, 11) is 0. The van der Waals surface area contributed by atoms with Gasteiger partial charge in [0.25, 0.3) is 0 Å². The van der Waals surface area contributed by atoms with Gasteiger partial charge in [0.1, 0.15) is 10.7 Å². The number of fused-ring (bicyclic) bond motifs is 1. The highest BCUT2D eigenvalue weighted by Gasteiger charge is 2.20. The summed E-state index contributed by atoms with van der Waals surface area (Å²) in [4.78, 5) is 5.33. The van der Waals surface area contributed by atoms with E-state index in [9.17, 15) is 0 Å². The smallest absolute Gasteiger partial charge is 0.231 e. The first kappa shape index (κ1) is 9.06. The second kappa shape index (κ2) is 3.43. The summed E-state index contributed by atoms with van der Waals surface area (Å²) < 4.78 is 11.4. The Morgan fingerprint density at radius 2 is 2.13 bits per heavy atom. The molecule has 15 heavy (non-hydrogen) atoms. The van der Waals surface area contributed by atoms with Gasteiger partial charge < -0.3 is 9.47 Å². The zero-order valence-corrected chi connectivity index (χ0v) is 9.28. The molecule has 0 saturated carbocycles. The van der Waals surface area contributed by atoms with Gasteiger partial charge in [-0.1, -0.05) is 6.07 Å². The number of ether oxygens (including phenoxy) is 2. The number of hydrogen-bond donors (Lipinski definition) is 1. The molecule has 0 radical (unpaired) electrons. The van der Waals surface area contributed by atoms with Crippen LogP contribution >= 0.6 is 15.9 Å². The molecule has 2 aliphatic rings. The van der Waals surface area contributed by atoms with Gasteiger partial charge in [0.2, 0.25) is 6.79 Å². The zero-order valence-electron chi connectivity index (χ0n) is 7.70. The van der Waals surface area contributed by atoms with Crippen molar-refractivity contribution in [3.63, 3.8) is 0 Å². The molecule has 0 aliphatic carbocycles. The van der Waals surface area contributed by atoms with Crippen molar-refractivity contribution in [3.05, 3.63) is 34.4 Å². The summed E-state index contributed by atoms with van der Waals surface area (Å²) in [5.74, 6) is 1.56. The lowest BCUT2D eigenvalue weighted by Gasteiger charge is -2.07. The van der Waals surface area contributed by atoms with Crippen LogP contribution in [-0.4, -0.2) is 6.79 Å². The molecule has 2 heterocycles. The van der Waals surface area contributed by atoms with Crippen LogP contribution in [0.25, 0.3) is 0 Å². The topological polar surface area (TPSA) is 39.7 Å². The first-order valence-corrected chi connectivity index (χ1v) is 5.31. The van der Waals surface area contributed by atoms with Gasteiger partial charge >= 0.3 is 0 Å². The summed E-state index contributed by atoms with van der Waals surface area (Å²) in [5, 5.41) is 0. The summed E-state index contributed by atoms with van der Waals surface area (Å²) in [6.07, 6.45) is 1.85. The Morgan fingerprint density at radius 1 is 1.27 bits per heavy atom. The molecule has 1 aromatic rings. The molecule has 4 nitrogen and oxygen atoms in total. The average molecular weight is 270 g/mol. The normalized spacial score (nSPS) is 22.5. The van der Waals surface area contributed by atoms with E-state index >= 15 is 0 Å². The van der Waals surface area contributed by atoms with Crippen molar-refractivity contribution in [2.45, 2.75) is 6.10 Å². The average Bonchev–Trinajstić information content (AvgIpc) is 2.84. The number of hydroxylamine groups is 1. The van der Waals surface area contributed by atoms with Crippen molar-refractivity contribution in [1.29, 1.82) is 0 Å². The molecule has 1 N–H and O–H groups in total. The van der Waals surface area contributed by atoms with Crippen LogP contribution in [0.2, 0.25) is 0 Å². The van der Waals surface area contributed by atoms with Gasteiger partial charge in [-0.2, -0.15) is 0 Å². The first-order chi connectivity index (χ1) is 7.33. The van der Waals surface area contributed by atoms with E-state index in [2.05, 4.69) is 21.4 Å². The minimum Gasteiger partial charge on any atom is -0.454 e. The fraction of sp³-hybridized carbons (Fsp3) is 0.200. The van der Waals surface area contributed by atoms with Crippen molar-refractivity contribution in [2.75, 3.05) is 6.79 Å².